The molecule has 2 aromatic heterocycles. The number of aromatic nitrogens is 2. The number of carbonyl (C=O) groups excluding carboxylic acids is 2. The molecule has 2 atom stereocenters. The van der Waals surface area contributed by atoms with Gasteiger partial charge in [0.25, 0.3) is 0 Å². The van der Waals surface area contributed by atoms with Crippen LogP contribution in [0.3, 0.4) is 0 Å². The molecule has 0 radical (unpaired) electrons. The van der Waals surface area contributed by atoms with Gasteiger partial charge < -0.3 is 39.4 Å². The summed E-state index contributed by atoms with van der Waals surface area (Å²) in [6.07, 6.45) is 0. The van der Waals surface area contributed by atoms with Gasteiger partial charge in [-0.15, -0.1) is 0 Å². The number of rotatable bonds is 17. The fourth-order valence-corrected chi connectivity index (χ4v) is 6.28. The van der Waals surface area contributed by atoms with E-state index in [-0.39, 0.29) is 36.8 Å². The lowest BCUT2D eigenvalue weighted by Crippen LogP contribution is -2.41. The van der Waals surface area contributed by atoms with E-state index in [1.54, 1.807) is 54.2 Å². The minimum atomic E-state index is -0.394. The smallest absolute Gasteiger partial charge is 0.238 e. The monoisotopic (exact) mass is 780 g/mol. The van der Waals surface area contributed by atoms with Gasteiger partial charge in [0.1, 0.15) is 23.3 Å². The van der Waals surface area contributed by atoms with Crippen molar-refractivity contribution >= 4 is 35.0 Å². The van der Waals surface area contributed by atoms with Crippen LogP contribution in [-0.2, 0) is 35.9 Å². The largest absolute Gasteiger partial charge is 0.481 e. The lowest BCUT2D eigenvalue weighted by Gasteiger charge is -2.19. The number of carbonyl (C=O) groups is 2. The van der Waals surface area contributed by atoms with Gasteiger partial charge in [0.05, 0.1) is 26.3 Å². The predicted octanol–water partition coefficient (Wildman–Crippen LogP) is 6.38. The molecule has 0 aliphatic heterocycles. The number of halogens is 2. The molecule has 0 saturated carbocycles. The van der Waals surface area contributed by atoms with E-state index >= 15 is 0 Å². The van der Waals surface area contributed by atoms with Crippen molar-refractivity contribution in [3.8, 4) is 34.6 Å². The van der Waals surface area contributed by atoms with Crippen LogP contribution in [0, 0.1) is 13.8 Å². The topological polar surface area (TPSA) is 127 Å². The van der Waals surface area contributed by atoms with Crippen LogP contribution in [0.15, 0.2) is 48.5 Å². The van der Waals surface area contributed by atoms with Gasteiger partial charge in [0.2, 0.25) is 35.3 Å². The van der Waals surface area contributed by atoms with Crippen LogP contribution in [0.1, 0.15) is 47.2 Å². The third kappa shape index (κ3) is 10.3. The van der Waals surface area contributed by atoms with Crippen molar-refractivity contribution in [2.75, 3.05) is 42.4 Å². The van der Waals surface area contributed by atoms with E-state index in [9.17, 15) is 9.59 Å². The van der Waals surface area contributed by atoms with Crippen LogP contribution >= 0.6 is 23.2 Å². The van der Waals surface area contributed by atoms with Crippen molar-refractivity contribution in [1.29, 1.82) is 0 Å². The molecule has 0 fully saturated rings. The number of hydrogen-bond acceptors (Lipinski definition) is 10. The molecule has 0 aliphatic carbocycles. The van der Waals surface area contributed by atoms with Crippen LogP contribution in [0.5, 0.6) is 23.5 Å². The molecule has 4 aromatic rings. The molecule has 2 amide bonds. The fourth-order valence-electron chi connectivity index (χ4n) is 5.83. The molecular weight excluding hydrogens is 731 g/mol. The quantitative estimate of drug-likeness (QED) is 0.125. The molecule has 2 N–H and O–H groups in total. The van der Waals surface area contributed by atoms with Gasteiger partial charge in [-0.2, -0.15) is 9.97 Å². The Morgan fingerprint density at radius 3 is 1.35 bits per heavy atom. The van der Waals surface area contributed by atoms with E-state index in [1.807, 2.05) is 24.3 Å². The molecule has 0 bridgehead atoms. The van der Waals surface area contributed by atoms with E-state index in [0.29, 0.717) is 46.0 Å². The van der Waals surface area contributed by atoms with Crippen molar-refractivity contribution in [3.63, 3.8) is 0 Å². The summed E-state index contributed by atoms with van der Waals surface area (Å²) in [7, 11) is 9.92. The van der Waals surface area contributed by atoms with E-state index in [0.717, 1.165) is 33.4 Å². The number of methoxy groups -OCH3 is 2. The van der Waals surface area contributed by atoms with Gasteiger partial charge in [0.15, 0.2) is 0 Å². The lowest BCUT2D eigenvalue weighted by atomic mass is 9.92. The zero-order valence-corrected chi connectivity index (χ0v) is 34.1. The second-order valence-electron chi connectivity index (χ2n) is 13.3. The predicted molar refractivity (Wildman–Crippen MR) is 212 cm³/mol. The summed E-state index contributed by atoms with van der Waals surface area (Å²) in [5.74, 6) is 1.13. The number of nitrogens with zero attached hydrogens (tertiary/aromatic N) is 4. The van der Waals surface area contributed by atoms with E-state index < -0.39 is 12.1 Å². The van der Waals surface area contributed by atoms with Crippen molar-refractivity contribution in [2.24, 2.45) is 0 Å². The zero-order chi connectivity index (χ0) is 39.7. The molecule has 14 heteroatoms. The van der Waals surface area contributed by atoms with Gasteiger partial charge in [-0.25, -0.2) is 0 Å². The summed E-state index contributed by atoms with van der Waals surface area (Å²) < 4.78 is 23.3. The maximum Gasteiger partial charge on any atom is 0.238 e. The maximum atomic E-state index is 12.3. The fraction of sp³-hybridized carbons (Fsp3) is 0.400. The summed E-state index contributed by atoms with van der Waals surface area (Å²) in [5.41, 5.74) is 7.52. The Kier molecular flexibility index (Phi) is 14.9. The van der Waals surface area contributed by atoms with Gasteiger partial charge in [-0.3, -0.25) is 9.59 Å². The van der Waals surface area contributed by atoms with Gasteiger partial charge >= 0.3 is 0 Å². The van der Waals surface area contributed by atoms with Crippen molar-refractivity contribution in [2.45, 2.75) is 66.1 Å². The highest BCUT2D eigenvalue weighted by molar-refractivity contribution is 6.32. The SMILES string of the molecule is COc1nc(OCc2cccc(-c3cccc(COc4nc(OC)c(CNC(C)C(=O)N(C)C)cc4Cl)c3C)c2C)c(Cl)cc1CNC(C)C(=O)N(C)C. The number of ether oxygens (including phenoxy) is 4. The first-order chi connectivity index (χ1) is 25.7. The van der Waals surface area contributed by atoms with Gasteiger partial charge in [-0.1, -0.05) is 59.6 Å². The first kappa shape index (κ1) is 42.1. The van der Waals surface area contributed by atoms with Crippen LogP contribution in [0.2, 0.25) is 10.0 Å². The highest BCUT2D eigenvalue weighted by Crippen LogP contribution is 2.34. The van der Waals surface area contributed by atoms with Crippen LogP contribution < -0.4 is 29.6 Å². The summed E-state index contributed by atoms with van der Waals surface area (Å²) >= 11 is 13.2. The van der Waals surface area contributed by atoms with Crippen LogP contribution in [0.25, 0.3) is 11.1 Å². The molecule has 2 aromatic carbocycles. The molecule has 290 valence electrons. The molecule has 0 aliphatic rings. The van der Waals surface area contributed by atoms with Gasteiger partial charge in [0, 0.05) is 52.4 Å². The average molecular weight is 782 g/mol. The average Bonchev–Trinajstić information content (AvgIpc) is 3.15. The molecule has 54 heavy (non-hydrogen) atoms. The third-order valence-electron chi connectivity index (χ3n) is 9.08. The first-order valence-corrected chi connectivity index (χ1v) is 18.2. The molecule has 2 heterocycles. The lowest BCUT2D eigenvalue weighted by molar-refractivity contribution is -0.131. The highest BCUT2D eigenvalue weighted by Gasteiger charge is 2.20. The van der Waals surface area contributed by atoms with Crippen LogP contribution in [-0.4, -0.2) is 86.1 Å². The standard InChI is InChI=1S/C40H50Cl2N6O6/c1-23-27(21-53-37-33(41)17-29(35(45-37)51-9)19-43-25(3)39(49)47(5)6)13-11-15-31(23)32-16-12-14-28(24(32)2)22-54-38-34(42)18-30(36(46-38)52-10)20-44-26(4)40(50)48(7)8/h11-18,25-26,43-44H,19-22H2,1-10H3. The molecular formula is C40H50Cl2N6O6. The molecule has 4 rings (SSSR count). The van der Waals surface area contributed by atoms with Crippen molar-refractivity contribution in [3.05, 3.63) is 92.0 Å². The minimum Gasteiger partial charge on any atom is -0.481 e. The third-order valence-corrected chi connectivity index (χ3v) is 9.63. The number of amides is 2. The normalized spacial score (nSPS) is 12.1. The van der Waals surface area contributed by atoms with E-state index in [2.05, 4.69) is 46.6 Å². The molecule has 0 saturated heterocycles. The van der Waals surface area contributed by atoms with Crippen LogP contribution in [0.4, 0.5) is 0 Å². The zero-order valence-electron chi connectivity index (χ0n) is 32.6. The van der Waals surface area contributed by atoms with Crippen molar-refractivity contribution < 1.29 is 28.5 Å². The number of benzene rings is 2. The number of hydrogen-bond donors (Lipinski definition) is 2. The molecule has 2 unspecified atom stereocenters. The number of pyridine rings is 2. The highest BCUT2D eigenvalue weighted by atomic mass is 35.5. The molecule has 12 nitrogen and oxygen atoms in total. The van der Waals surface area contributed by atoms with E-state index in [4.69, 9.17) is 42.1 Å². The Balaban J connectivity index is 1.47. The maximum absolute atomic E-state index is 12.3. The second kappa shape index (κ2) is 19.1. The summed E-state index contributed by atoms with van der Waals surface area (Å²) in [6.45, 7) is 8.84. The second-order valence-corrected chi connectivity index (χ2v) is 14.1. The first-order valence-electron chi connectivity index (χ1n) is 17.5. The van der Waals surface area contributed by atoms with E-state index in [1.165, 1.54) is 24.0 Å². The number of likely N-dealkylation sites (N-methyl/N-ethyl adjacent to an activating group) is 2. The Labute approximate surface area is 328 Å². The van der Waals surface area contributed by atoms with Crippen molar-refractivity contribution in [1.82, 2.24) is 30.4 Å². The summed E-state index contributed by atoms with van der Waals surface area (Å²) in [6, 6.07) is 14.8. The Hall–Kier alpha value is -4.62. The van der Waals surface area contributed by atoms with Gasteiger partial charge in [-0.05, 0) is 73.2 Å². The Bertz CT molecular complexity index is 1820. The Morgan fingerprint density at radius 1 is 0.648 bits per heavy atom. The Morgan fingerprint density at radius 2 is 1.02 bits per heavy atom. The molecule has 0 spiro atoms. The number of nitrogens with one attached hydrogen (secondary N) is 2. The summed E-state index contributed by atoms with van der Waals surface area (Å²) in [4.78, 5) is 36.7. The minimum absolute atomic E-state index is 0.0403. The summed E-state index contributed by atoms with van der Waals surface area (Å²) in [5, 5.41) is 7.05.